The summed E-state index contributed by atoms with van der Waals surface area (Å²) in [5, 5.41) is 7.61. The molecule has 0 spiro atoms. The second-order valence-corrected chi connectivity index (χ2v) is 9.50. The van der Waals surface area contributed by atoms with E-state index < -0.39 is 0 Å². The van der Waals surface area contributed by atoms with Crippen molar-refractivity contribution in [1.29, 1.82) is 0 Å². The van der Waals surface area contributed by atoms with Crippen molar-refractivity contribution < 1.29 is 19.1 Å². The van der Waals surface area contributed by atoms with Crippen LogP contribution in [0.25, 0.3) is 0 Å². The molecule has 1 atom stereocenters. The van der Waals surface area contributed by atoms with Gasteiger partial charge in [0, 0.05) is 16.0 Å². The first-order valence-electron chi connectivity index (χ1n) is 11.0. The van der Waals surface area contributed by atoms with Crippen LogP contribution in [0.15, 0.2) is 64.9 Å². The summed E-state index contributed by atoms with van der Waals surface area (Å²) in [6, 6.07) is 17.0. The first-order chi connectivity index (χ1) is 16.5. The quantitative estimate of drug-likeness (QED) is 0.288. The SMILES string of the molecule is CCOC(=O)Cc1csc(NC(=O)C(CC)Sc2cccc(NC(=O)Cc3ccccc3)c2)n1. The summed E-state index contributed by atoms with van der Waals surface area (Å²) in [4.78, 5) is 42.0. The van der Waals surface area contributed by atoms with Crippen molar-refractivity contribution >= 4 is 51.7 Å². The molecule has 0 radical (unpaired) electrons. The fourth-order valence-electron chi connectivity index (χ4n) is 3.11. The number of thiazole rings is 1. The van der Waals surface area contributed by atoms with Crippen LogP contribution in [0.5, 0.6) is 0 Å². The lowest BCUT2D eigenvalue weighted by Gasteiger charge is -2.14. The summed E-state index contributed by atoms with van der Waals surface area (Å²) < 4.78 is 4.93. The highest BCUT2D eigenvalue weighted by Gasteiger charge is 2.20. The molecule has 0 fully saturated rings. The summed E-state index contributed by atoms with van der Waals surface area (Å²) in [5.74, 6) is -0.605. The number of thioether (sulfide) groups is 1. The van der Waals surface area contributed by atoms with Gasteiger partial charge in [0.15, 0.2) is 5.13 Å². The van der Waals surface area contributed by atoms with E-state index in [2.05, 4.69) is 15.6 Å². The Balaban J connectivity index is 1.56. The number of hydrogen-bond acceptors (Lipinski definition) is 7. The van der Waals surface area contributed by atoms with E-state index in [0.717, 1.165) is 10.5 Å². The normalized spacial score (nSPS) is 11.5. The maximum atomic E-state index is 12.8. The van der Waals surface area contributed by atoms with E-state index in [1.165, 1.54) is 23.1 Å². The van der Waals surface area contributed by atoms with Crippen molar-refractivity contribution in [2.75, 3.05) is 17.2 Å². The third-order valence-electron chi connectivity index (χ3n) is 4.68. The van der Waals surface area contributed by atoms with Gasteiger partial charge in [0.25, 0.3) is 0 Å². The molecular weight excluding hydrogens is 470 g/mol. The molecule has 1 unspecified atom stereocenters. The minimum Gasteiger partial charge on any atom is -0.466 e. The average Bonchev–Trinajstić information content (AvgIpc) is 3.24. The number of nitrogens with zero attached hydrogens (tertiary/aromatic N) is 1. The van der Waals surface area contributed by atoms with Crippen LogP contribution in [-0.4, -0.2) is 34.6 Å². The Morgan fingerprint density at radius 2 is 1.82 bits per heavy atom. The fourth-order valence-corrected chi connectivity index (χ4v) is 4.84. The lowest BCUT2D eigenvalue weighted by Crippen LogP contribution is -2.24. The van der Waals surface area contributed by atoms with E-state index in [4.69, 9.17) is 4.74 Å². The Morgan fingerprint density at radius 1 is 1.03 bits per heavy atom. The number of amides is 2. The highest BCUT2D eigenvalue weighted by molar-refractivity contribution is 8.00. The summed E-state index contributed by atoms with van der Waals surface area (Å²) in [5.41, 5.74) is 2.20. The summed E-state index contributed by atoms with van der Waals surface area (Å²) in [6.45, 7) is 4.01. The van der Waals surface area contributed by atoms with Crippen molar-refractivity contribution in [3.8, 4) is 0 Å². The van der Waals surface area contributed by atoms with Gasteiger partial charge in [-0.2, -0.15) is 0 Å². The van der Waals surface area contributed by atoms with E-state index in [0.29, 0.717) is 36.0 Å². The molecule has 0 bridgehead atoms. The van der Waals surface area contributed by atoms with Crippen LogP contribution in [-0.2, 0) is 32.0 Å². The molecule has 0 aliphatic rings. The van der Waals surface area contributed by atoms with E-state index in [-0.39, 0.29) is 29.5 Å². The fraction of sp³-hybridized carbons (Fsp3) is 0.280. The number of benzene rings is 2. The first-order valence-corrected chi connectivity index (χ1v) is 12.7. The van der Waals surface area contributed by atoms with E-state index in [1.54, 1.807) is 12.3 Å². The van der Waals surface area contributed by atoms with Crippen LogP contribution in [0.1, 0.15) is 31.5 Å². The molecule has 7 nitrogen and oxygen atoms in total. The maximum Gasteiger partial charge on any atom is 0.311 e. The topological polar surface area (TPSA) is 97.4 Å². The van der Waals surface area contributed by atoms with Crippen LogP contribution in [0.2, 0.25) is 0 Å². The second-order valence-electron chi connectivity index (χ2n) is 7.37. The maximum absolute atomic E-state index is 12.8. The Hall–Kier alpha value is -3.17. The van der Waals surface area contributed by atoms with Gasteiger partial charge in [0.05, 0.1) is 30.4 Å². The van der Waals surface area contributed by atoms with E-state index >= 15 is 0 Å². The number of hydrogen-bond donors (Lipinski definition) is 2. The Morgan fingerprint density at radius 3 is 2.56 bits per heavy atom. The van der Waals surface area contributed by atoms with Crippen LogP contribution < -0.4 is 10.6 Å². The van der Waals surface area contributed by atoms with Crippen LogP contribution >= 0.6 is 23.1 Å². The van der Waals surface area contributed by atoms with Crippen molar-refractivity contribution in [1.82, 2.24) is 4.98 Å². The standard InChI is InChI=1S/C25H27N3O4S2/c1-3-21(24(31)28-25-27-19(16-33-25)15-23(30)32-4-2)34-20-12-8-11-18(14-20)26-22(29)13-17-9-6-5-7-10-17/h5-12,14,16,21H,3-4,13,15H2,1-2H3,(H,26,29)(H,27,28,31). The molecular formula is C25H27N3O4S2. The Kier molecular flexibility index (Phi) is 9.66. The third kappa shape index (κ3) is 8.00. The molecule has 0 saturated heterocycles. The second kappa shape index (κ2) is 12.9. The Bertz CT molecular complexity index is 1120. The largest absolute Gasteiger partial charge is 0.466 e. The van der Waals surface area contributed by atoms with Gasteiger partial charge in [-0.15, -0.1) is 23.1 Å². The summed E-state index contributed by atoms with van der Waals surface area (Å²) >= 11 is 2.70. The molecule has 0 saturated carbocycles. The molecule has 2 aromatic carbocycles. The van der Waals surface area contributed by atoms with Gasteiger partial charge in [-0.25, -0.2) is 4.98 Å². The highest BCUT2D eigenvalue weighted by atomic mass is 32.2. The number of ether oxygens (including phenoxy) is 1. The molecule has 178 valence electrons. The third-order valence-corrected chi connectivity index (χ3v) is 6.84. The molecule has 2 amide bonds. The molecule has 9 heteroatoms. The summed E-state index contributed by atoms with van der Waals surface area (Å²) in [6.07, 6.45) is 0.987. The molecule has 34 heavy (non-hydrogen) atoms. The Labute approximate surface area is 207 Å². The lowest BCUT2D eigenvalue weighted by atomic mass is 10.1. The average molecular weight is 498 g/mol. The molecule has 1 heterocycles. The molecule has 2 N–H and O–H groups in total. The zero-order chi connectivity index (χ0) is 24.3. The van der Waals surface area contributed by atoms with Gasteiger partial charge < -0.3 is 15.4 Å². The zero-order valence-corrected chi connectivity index (χ0v) is 20.7. The summed E-state index contributed by atoms with van der Waals surface area (Å²) in [7, 11) is 0. The van der Waals surface area contributed by atoms with Crippen molar-refractivity contribution in [3.63, 3.8) is 0 Å². The minimum atomic E-state index is -0.344. The van der Waals surface area contributed by atoms with Crippen molar-refractivity contribution in [2.24, 2.45) is 0 Å². The van der Waals surface area contributed by atoms with Gasteiger partial charge in [0.1, 0.15) is 0 Å². The predicted molar refractivity (Wildman–Crippen MR) is 136 cm³/mol. The van der Waals surface area contributed by atoms with E-state index in [1.807, 2.05) is 61.5 Å². The van der Waals surface area contributed by atoms with Gasteiger partial charge in [-0.3, -0.25) is 14.4 Å². The lowest BCUT2D eigenvalue weighted by molar-refractivity contribution is -0.142. The molecule has 3 aromatic rings. The van der Waals surface area contributed by atoms with Crippen molar-refractivity contribution in [3.05, 3.63) is 71.2 Å². The highest BCUT2D eigenvalue weighted by Crippen LogP contribution is 2.29. The first kappa shape index (κ1) is 25.5. The van der Waals surface area contributed by atoms with Gasteiger partial charge in [-0.1, -0.05) is 43.3 Å². The number of rotatable bonds is 11. The number of anilines is 2. The predicted octanol–water partition coefficient (Wildman–Crippen LogP) is 4.94. The number of aromatic nitrogens is 1. The van der Waals surface area contributed by atoms with Gasteiger partial charge in [0.2, 0.25) is 11.8 Å². The number of nitrogens with one attached hydrogen (secondary N) is 2. The van der Waals surface area contributed by atoms with Crippen LogP contribution in [0.3, 0.4) is 0 Å². The smallest absolute Gasteiger partial charge is 0.311 e. The number of carbonyl (C=O) groups excluding carboxylic acids is 3. The van der Waals surface area contributed by atoms with E-state index in [9.17, 15) is 14.4 Å². The number of esters is 1. The molecule has 0 aliphatic carbocycles. The van der Waals surface area contributed by atoms with Gasteiger partial charge in [-0.05, 0) is 37.1 Å². The molecule has 1 aromatic heterocycles. The number of carbonyl (C=O) groups is 3. The molecule has 0 aliphatic heterocycles. The van der Waals surface area contributed by atoms with Gasteiger partial charge >= 0.3 is 5.97 Å². The molecule has 3 rings (SSSR count). The van der Waals surface area contributed by atoms with Crippen molar-refractivity contribution in [2.45, 2.75) is 43.3 Å². The monoisotopic (exact) mass is 497 g/mol. The zero-order valence-electron chi connectivity index (χ0n) is 19.1. The van der Waals surface area contributed by atoms with Crippen LogP contribution in [0.4, 0.5) is 10.8 Å². The minimum absolute atomic E-state index is 0.0783. The van der Waals surface area contributed by atoms with Crippen LogP contribution in [0, 0.1) is 0 Å².